The van der Waals surface area contributed by atoms with E-state index in [1.54, 1.807) is 36.4 Å². The van der Waals surface area contributed by atoms with Gasteiger partial charge in [-0.1, -0.05) is 41.4 Å². The predicted octanol–water partition coefficient (Wildman–Crippen LogP) is 3.84. The van der Waals surface area contributed by atoms with Crippen LogP contribution < -0.4 is 10.2 Å². The zero-order chi connectivity index (χ0) is 20.3. The number of carbonyl (C=O) groups is 3. The Balaban J connectivity index is 1.55. The van der Waals surface area contributed by atoms with E-state index in [0.29, 0.717) is 21.4 Å². The number of aryl methyl sites for hydroxylation is 1. The summed E-state index contributed by atoms with van der Waals surface area (Å²) >= 11 is 12.1. The molecule has 0 bridgehead atoms. The topological polar surface area (TPSA) is 75.7 Å². The molecule has 6 nitrogen and oxygen atoms in total. The fourth-order valence-electron chi connectivity index (χ4n) is 2.87. The molecule has 1 fully saturated rings. The normalized spacial score (nSPS) is 16.2. The number of hydrogen-bond acceptors (Lipinski definition) is 4. The van der Waals surface area contributed by atoms with E-state index in [1.165, 1.54) is 4.90 Å². The van der Waals surface area contributed by atoms with Gasteiger partial charge in [0.1, 0.15) is 0 Å². The maximum absolute atomic E-state index is 12.3. The molecule has 0 unspecified atom stereocenters. The quantitative estimate of drug-likeness (QED) is 0.745. The average molecular weight is 421 g/mol. The number of anilines is 2. The van der Waals surface area contributed by atoms with Crippen molar-refractivity contribution in [3.8, 4) is 0 Å². The zero-order valence-electron chi connectivity index (χ0n) is 15.1. The second kappa shape index (κ2) is 8.63. The van der Waals surface area contributed by atoms with Crippen LogP contribution in [-0.4, -0.2) is 30.9 Å². The first kappa shape index (κ1) is 20.2. The van der Waals surface area contributed by atoms with Crippen LogP contribution in [0.15, 0.2) is 42.5 Å². The third kappa shape index (κ3) is 4.64. The highest BCUT2D eigenvalue weighted by Crippen LogP contribution is 2.29. The summed E-state index contributed by atoms with van der Waals surface area (Å²) in [5, 5.41) is 3.50. The van der Waals surface area contributed by atoms with Crippen molar-refractivity contribution in [2.75, 3.05) is 23.4 Å². The molecule has 2 aromatic rings. The standard InChI is InChI=1S/C20H18Cl2N2O4/c1-12-6-7-14(9-16(12)22)24-10-13(8-19(24)26)20(27)28-11-18(25)23-17-5-3-2-4-15(17)21/h2-7,9,13H,8,10-11H2,1H3,(H,23,25)/t13-/m0/s1. The Labute approximate surface area is 172 Å². The molecule has 1 aliphatic heterocycles. The van der Waals surface area contributed by atoms with Crippen molar-refractivity contribution in [3.05, 3.63) is 58.1 Å². The van der Waals surface area contributed by atoms with E-state index in [1.807, 2.05) is 13.0 Å². The maximum Gasteiger partial charge on any atom is 0.311 e. The second-order valence-electron chi connectivity index (χ2n) is 6.47. The molecule has 1 atom stereocenters. The number of nitrogens with zero attached hydrogens (tertiary/aromatic N) is 1. The number of amides is 2. The molecule has 0 spiro atoms. The lowest BCUT2D eigenvalue weighted by Gasteiger charge is -2.17. The van der Waals surface area contributed by atoms with E-state index in [0.717, 1.165) is 5.56 Å². The molecule has 146 valence electrons. The van der Waals surface area contributed by atoms with Gasteiger partial charge in [-0.2, -0.15) is 0 Å². The number of nitrogens with one attached hydrogen (secondary N) is 1. The summed E-state index contributed by atoms with van der Waals surface area (Å²) in [5.41, 5.74) is 1.97. The lowest BCUT2D eigenvalue weighted by Crippen LogP contribution is -2.28. The van der Waals surface area contributed by atoms with Crippen LogP contribution in [-0.2, 0) is 19.1 Å². The molecule has 28 heavy (non-hydrogen) atoms. The van der Waals surface area contributed by atoms with Gasteiger partial charge in [0.25, 0.3) is 5.91 Å². The van der Waals surface area contributed by atoms with Crippen molar-refractivity contribution in [1.82, 2.24) is 0 Å². The largest absolute Gasteiger partial charge is 0.455 e. The van der Waals surface area contributed by atoms with Gasteiger partial charge < -0.3 is 15.0 Å². The number of benzene rings is 2. The number of para-hydroxylation sites is 1. The zero-order valence-corrected chi connectivity index (χ0v) is 16.6. The minimum absolute atomic E-state index is 0.0243. The van der Waals surface area contributed by atoms with Gasteiger partial charge in [0, 0.05) is 23.7 Å². The summed E-state index contributed by atoms with van der Waals surface area (Å²) in [7, 11) is 0. The number of ether oxygens (including phenoxy) is 1. The Hall–Kier alpha value is -2.57. The van der Waals surface area contributed by atoms with E-state index in [4.69, 9.17) is 27.9 Å². The fourth-order valence-corrected chi connectivity index (χ4v) is 3.23. The van der Waals surface area contributed by atoms with E-state index in [9.17, 15) is 14.4 Å². The molecule has 1 heterocycles. The van der Waals surface area contributed by atoms with Crippen molar-refractivity contribution in [2.24, 2.45) is 5.92 Å². The van der Waals surface area contributed by atoms with Gasteiger partial charge in [0.05, 0.1) is 16.6 Å². The van der Waals surface area contributed by atoms with Gasteiger partial charge in [-0.15, -0.1) is 0 Å². The van der Waals surface area contributed by atoms with E-state index >= 15 is 0 Å². The summed E-state index contributed by atoms with van der Waals surface area (Å²) in [6, 6.07) is 12.0. The molecule has 2 aromatic carbocycles. The van der Waals surface area contributed by atoms with Crippen LogP contribution in [0, 0.1) is 12.8 Å². The lowest BCUT2D eigenvalue weighted by atomic mass is 10.1. The van der Waals surface area contributed by atoms with Crippen molar-refractivity contribution < 1.29 is 19.1 Å². The monoisotopic (exact) mass is 420 g/mol. The van der Waals surface area contributed by atoms with Crippen molar-refractivity contribution in [2.45, 2.75) is 13.3 Å². The SMILES string of the molecule is Cc1ccc(N2C[C@@H](C(=O)OCC(=O)Nc3ccccc3Cl)CC2=O)cc1Cl. The number of carbonyl (C=O) groups excluding carboxylic acids is 3. The number of esters is 1. The van der Waals surface area contributed by atoms with E-state index in [2.05, 4.69) is 5.32 Å². The first-order valence-electron chi connectivity index (χ1n) is 8.62. The molecule has 2 amide bonds. The van der Waals surface area contributed by atoms with Crippen LogP contribution in [0.2, 0.25) is 10.0 Å². The Morgan fingerprint density at radius 2 is 1.93 bits per heavy atom. The van der Waals surface area contributed by atoms with Gasteiger partial charge in [0.15, 0.2) is 6.61 Å². The first-order chi connectivity index (χ1) is 13.3. The summed E-state index contributed by atoms with van der Waals surface area (Å²) in [6.45, 7) is 1.60. The molecular formula is C20H18Cl2N2O4. The number of rotatable bonds is 5. The maximum atomic E-state index is 12.3. The van der Waals surface area contributed by atoms with Crippen molar-refractivity contribution in [1.29, 1.82) is 0 Å². The third-order valence-corrected chi connectivity index (χ3v) is 5.16. The van der Waals surface area contributed by atoms with Gasteiger partial charge in [-0.05, 0) is 36.8 Å². The van der Waals surface area contributed by atoms with Crippen LogP contribution in [0.4, 0.5) is 11.4 Å². The van der Waals surface area contributed by atoms with Crippen LogP contribution >= 0.6 is 23.2 Å². The minimum Gasteiger partial charge on any atom is -0.455 e. The molecular weight excluding hydrogens is 403 g/mol. The molecule has 0 radical (unpaired) electrons. The van der Waals surface area contributed by atoms with Gasteiger partial charge >= 0.3 is 5.97 Å². The lowest BCUT2D eigenvalue weighted by molar-refractivity contribution is -0.151. The number of halogens is 2. The Morgan fingerprint density at radius 3 is 2.64 bits per heavy atom. The van der Waals surface area contributed by atoms with Gasteiger partial charge in [-0.3, -0.25) is 14.4 Å². The van der Waals surface area contributed by atoms with Crippen LogP contribution in [0.1, 0.15) is 12.0 Å². The predicted molar refractivity (Wildman–Crippen MR) is 108 cm³/mol. The summed E-state index contributed by atoms with van der Waals surface area (Å²) in [5.74, 6) is -1.93. The Bertz CT molecular complexity index is 932. The molecule has 8 heteroatoms. The summed E-state index contributed by atoms with van der Waals surface area (Å²) in [4.78, 5) is 38.0. The molecule has 0 aliphatic carbocycles. The van der Waals surface area contributed by atoms with Crippen LogP contribution in [0.25, 0.3) is 0 Å². The van der Waals surface area contributed by atoms with Crippen molar-refractivity contribution in [3.63, 3.8) is 0 Å². The van der Waals surface area contributed by atoms with E-state index in [-0.39, 0.29) is 18.9 Å². The Morgan fingerprint density at radius 1 is 1.18 bits per heavy atom. The molecule has 3 rings (SSSR count). The minimum atomic E-state index is -0.638. The van der Waals surface area contributed by atoms with Crippen LogP contribution in [0.5, 0.6) is 0 Å². The third-order valence-electron chi connectivity index (χ3n) is 4.42. The highest BCUT2D eigenvalue weighted by Gasteiger charge is 2.36. The summed E-state index contributed by atoms with van der Waals surface area (Å²) in [6.07, 6.45) is 0.0243. The summed E-state index contributed by atoms with van der Waals surface area (Å²) < 4.78 is 5.08. The molecule has 0 aromatic heterocycles. The number of hydrogen-bond donors (Lipinski definition) is 1. The fraction of sp³-hybridized carbons (Fsp3) is 0.250. The molecule has 1 aliphatic rings. The molecule has 0 saturated carbocycles. The van der Waals surface area contributed by atoms with Crippen LogP contribution in [0.3, 0.4) is 0 Å². The highest BCUT2D eigenvalue weighted by atomic mass is 35.5. The Kier molecular flexibility index (Phi) is 6.21. The smallest absolute Gasteiger partial charge is 0.311 e. The highest BCUT2D eigenvalue weighted by molar-refractivity contribution is 6.33. The molecule has 1 N–H and O–H groups in total. The van der Waals surface area contributed by atoms with E-state index < -0.39 is 24.4 Å². The average Bonchev–Trinajstić information content (AvgIpc) is 3.06. The van der Waals surface area contributed by atoms with Crippen molar-refractivity contribution >= 4 is 52.4 Å². The van der Waals surface area contributed by atoms with Gasteiger partial charge in [-0.25, -0.2) is 0 Å². The molecule has 1 saturated heterocycles. The first-order valence-corrected chi connectivity index (χ1v) is 9.38. The van der Waals surface area contributed by atoms with Gasteiger partial charge in [0.2, 0.25) is 5.91 Å². The second-order valence-corrected chi connectivity index (χ2v) is 7.29.